The Morgan fingerprint density at radius 2 is 1.74 bits per heavy atom. The van der Waals surface area contributed by atoms with Crippen LogP contribution in [0.1, 0.15) is 34.6 Å². The fourth-order valence-corrected chi connectivity index (χ4v) is 1.77. The smallest absolute Gasteiger partial charge is 0.139 e. The lowest BCUT2D eigenvalue weighted by Gasteiger charge is -2.30. The molecule has 19 heavy (non-hydrogen) atoms. The lowest BCUT2D eigenvalue weighted by molar-refractivity contribution is 0.166. The van der Waals surface area contributed by atoms with Gasteiger partial charge in [-0.15, -0.1) is 0 Å². The Labute approximate surface area is 126 Å². The molecular formula is C15H23Cl2NO. The van der Waals surface area contributed by atoms with Crippen LogP contribution in [-0.2, 0) is 0 Å². The minimum atomic E-state index is 0.0128. The minimum absolute atomic E-state index is 0.0128. The molecule has 0 radical (unpaired) electrons. The van der Waals surface area contributed by atoms with E-state index in [0.717, 1.165) is 6.54 Å². The topological polar surface area (TPSA) is 21.3 Å². The number of hydrogen-bond donors (Lipinski definition) is 1. The van der Waals surface area contributed by atoms with Gasteiger partial charge in [0.1, 0.15) is 10.8 Å². The summed E-state index contributed by atoms with van der Waals surface area (Å²) in [6.45, 7) is 12.2. The molecule has 0 amide bonds. The molecule has 0 saturated carbocycles. The molecule has 0 atom stereocenters. The molecule has 1 rings (SSSR count). The van der Waals surface area contributed by atoms with Crippen LogP contribution in [0, 0.1) is 5.41 Å². The number of hydrogen-bond acceptors (Lipinski definition) is 2. The van der Waals surface area contributed by atoms with Crippen molar-refractivity contribution in [2.75, 3.05) is 13.2 Å². The standard InChI is InChI=1S/C15H23Cl2NO/c1-14(2,3)18-9-15(4,5)10-19-12-8-6-7-11(16)13(12)17/h6-8,18H,9-10H2,1-5H3. The van der Waals surface area contributed by atoms with Gasteiger partial charge in [0.15, 0.2) is 0 Å². The van der Waals surface area contributed by atoms with Crippen LogP contribution in [0.25, 0.3) is 0 Å². The summed E-state index contributed by atoms with van der Waals surface area (Å²) in [6.07, 6.45) is 0. The van der Waals surface area contributed by atoms with Crippen LogP contribution in [0.2, 0.25) is 10.0 Å². The van der Waals surface area contributed by atoms with Gasteiger partial charge in [0.25, 0.3) is 0 Å². The van der Waals surface area contributed by atoms with Crippen LogP contribution < -0.4 is 10.1 Å². The van der Waals surface area contributed by atoms with E-state index in [-0.39, 0.29) is 11.0 Å². The largest absolute Gasteiger partial charge is 0.491 e. The molecule has 0 bridgehead atoms. The van der Waals surface area contributed by atoms with E-state index < -0.39 is 0 Å². The molecule has 4 heteroatoms. The molecule has 108 valence electrons. The maximum Gasteiger partial charge on any atom is 0.139 e. The van der Waals surface area contributed by atoms with Crippen molar-refractivity contribution in [3.8, 4) is 5.75 Å². The molecule has 0 fully saturated rings. The van der Waals surface area contributed by atoms with Crippen LogP contribution in [0.5, 0.6) is 5.75 Å². The molecule has 1 N–H and O–H groups in total. The fraction of sp³-hybridized carbons (Fsp3) is 0.600. The second-order valence-electron chi connectivity index (χ2n) is 6.61. The molecule has 0 aliphatic heterocycles. The second kappa shape index (κ2) is 6.34. The first-order valence-electron chi connectivity index (χ1n) is 6.43. The average molecular weight is 304 g/mol. The Bertz CT molecular complexity index is 425. The summed E-state index contributed by atoms with van der Waals surface area (Å²) in [7, 11) is 0. The van der Waals surface area contributed by atoms with Crippen molar-refractivity contribution in [2.24, 2.45) is 5.41 Å². The fourth-order valence-electron chi connectivity index (χ4n) is 1.42. The summed E-state index contributed by atoms with van der Waals surface area (Å²) in [5.74, 6) is 0.637. The summed E-state index contributed by atoms with van der Waals surface area (Å²) >= 11 is 12.1. The van der Waals surface area contributed by atoms with E-state index in [4.69, 9.17) is 27.9 Å². The third-order valence-electron chi connectivity index (χ3n) is 2.63. The molecule has 2 nitrogen and oxygen atoms in total. The van der Waals surface area contributed by atoms with E-state index in [9.17, 15) is 0 Å². The predicted octanol–water partition coefficient (Wildman–Crippen LogP) is 4.79. The van der Waals surface area contributed by atoms with Crippen molar-refractivity contribution in [3.63, 3.8) is 0 Å². The van der Waals surface area contributed by atoms with Crippen molar-refractivity contribution in [3.05, 3.63) is 28.2 Å². The van der Waals surface area contributed by atoms with E-state index in [0.29, 0.717) is 22.4 Å². The highest BCUT2D eigenvalue weighted by atomic mass is 35.5. The summed E-state index contributed by atoms with van der Waals surface area (Å²) in [5.41, 5.74) is 0.115. The second-order valence-corrected chi connectivity index (χ2v) is 7.39. The zero-order valence-electron chi connectivity index (χ0n) is 12.3. The molecule has 0 spiro atoms. The normalized spacial score (nSPS) is 12.6. The number of ether oxygens (including phenoxy) is 1. The van der Waals surface area contributed by atoms with Gasteiger partial charge in [0.05, 0.1) is 11.6 Å². The lowest BCUT2D eigenvalue weighted by atomic mass is 9.93. The third kappa shape index (κ3) is 6.03. The summed E-state index contributed by atoms with van der Waals surface area (Å²) in [5, 5.41) is 4.48. The Kier molecular flexibility index (Phi) is 5.54. The van der Waals surface area contributed by atoms with Gasteiger partial charge in [0.2, 0.25) is 0 Å². The molecular weight excluding hydrogens is 281 g/mol. The molecule has 0 aromatic heterocycles. The van der Waals surface area contributed by atoms with Crippen molar-refractivity contribution >= 4 is 23.2 Å². The number of nitrogens with one attached hydrogen (secondary N) is 1. The Balaban J connectivity index is 2.57. The highest BCUT2D eigenvalue weighted by molar-refractivity contribution is 6.42. The molecule has 1 aromatic carbocycles. The quantitative estimate of drug-likeness (QED) is 0.844. The summed E-state index contributed by atoms with van der Waals surface area (Å²) in [4.78, 5) is 0. The maximum absolute atomic E-state index is 6.10. The van der Waals surface area contributed by atoms with Crippen LogP contribution in [0.15, 0.2) is 18.2 Å². The summed E-state index contributed by atoms with van der Waals surface area (Å²) < 4.78 is 5.79. The highest BCUT2D eigenvalue weighted by Crippen LogP contribution is 2.32. The van der Waals surface area contributed by atoms with Crippen molar-refractivity contribution in [1.29, 1.82) is 0 Å². The minimum Gasteiger partial charge on any atom is -0.491 e. The van der Waals surface area contributed by atoms with Gasteiger partial charge in [-0.1, -0.05) is 43.1 Å². The average Bonchev–Trinajstić information content (AvgIpc) is 2.28. The van der Waals surface area contributed by atoms with E-state index in [1.165, 1.54) is 0 Å². The third-order valence-corrected chi connectivity index (χ3v) is 3.43. The number of halogens is 2. The Hall–Kier alpha value is -0.440. The number of rotatable bonds is 5. The van der Waals surface area contributed by atoms with Gasteiger partial charge < -0.3 is 10.1 Å². The van der Waals surface area contributed by atoms with E-state index in [2.05, 4.69) is 39.9 Å². The molecule has 0 aliphatic rings. The van der Waals surface area contributed by atoms with Crippen molar-refractivity contribution < 1.29 is 4.74 Å². The van der Waals surface area contributed by atoms with Gasteiger partial charge in [-0.2, -0.15) is 0 Å². The molecule has 0 aliphatic carbocycles. The molecule has 0 unspecified atom stereocenters. The summed E-state index contributed by atoms with van der Waals surface area (Å²) in [6, 6.07) is 5.43. The highest BCUT2D eigenvalue weighted by Gasteiger charge is 2.22. The van der Waals surface area contributed by atoms with Gasteiger partial charge in [-0.05, 0) is 32.9 Å². The first kappa shape index (κ1) is 16.6. The lowest BCUT2D eigenvalue weighted by Crippen LogP contribution is -2.43. The van der Waals surface area contributed by atoms with E-state index in [1.54, 1.807) is 6.07 Å². The van der Waals surface area contributed by atoms with Gasteiger partial charge in [-0.25, -0.2) is 0 Å². The van der Waals surface area contributed by atoms with Crippen molar-refractivity contribution in [2.45, 2.75) is 40.2 Å². The first-order valence-corrected chi connectivity index (χ1v) is 7.18. The van der Waals surface area contributed by atoms with Gasteiger partial charge in [0, 0.05) is 17.5 Å². The van der Waals surface area contributed by atoms with Crippen LogP contribution in [-0.4, -0.2) is 18.7 Å². The van der Waals surface area contributed by atoms with E-state index >= 15 is 0 Å². The molecule has 1 aromatic rings. The van der Waals surface area contributed by atoms with Crippen LogP contribution in [0.4, 0.5) is 0 Å². The van der Waals surface area contributed by atoms with Gasteiger partial charge in [-0.3, -0.25) is 0 Å². The van der Waals surface area contributed by atoms with Crippen molar-refractivity contribution in [1.82, 2.24) is 5.32 Å². The Morgan fingerprint density at radius 3 is 2.32 bits per heavy atom. The zero-order valence-corrected chi connectivity index (χ0v) is 13.8. The number of benzene rings is 1. The molecule has 0 saturated heterocycles. The first-order chi connectivity index (χ1) is 8.61. The zero-order chi connectivity index (χ0) is 14.7. The predicted molar refractivity (Wildman–Crippen MR) is 83.5 cm³/mol. The maximum atomic E-state index is 6.10. The van der Waals surface area contributed by atoms with Gasteiger partial charge >= 0.3 is 0 Å². The van der Waals surface area contributed by atoms with E-state index in [1.807, 2.05) is 12.1 Å². The SMILES string of the molecule is CC(C)(CNC(C)(C)C)COc1cccc(Cl)c1Cl. The van der Waals surface area contributed by atoms with Crippen LogP contribution >= 0.6 is 23.2 Å². The Morgan fingerprint density at radius 1 is 1.11 bits per heavy atom. The monoisotopic (exact) mass is 303 g/mol. The molecule has 0 heterocycles. The van der Waals surface area contributed by atoms with Crippen LogP contribution in [0.3, 0.4) is 0 Å².